The molecule has 0 spiro atoms. The first kappa shape index (κ1) is 13.6. The van der Waals surface area contributed by atoms with Crippen molar-refractivity contribution in [2.45, 2.75) is 6.04 Å². The van der Waals surface area contributed by atoms with Crippen molar-refractivity contribution in [1.29, 1.82) is 0 Å². The zero-order valence-corrected chi connectivity index (χ0v) is 11.6. The summed E-state index contributed by atoms with van der Waals surface area (Å²) >= 11 is 1.42. The van der Waals surface area contributed by atoms with E-state index in [-0.39, 0.29) is 5.91 Å². The second kappa shape index (κ2) is 5.52. The van der Waals surface area contributed by atoms with E-state index in [1.165, 1.54) is 40.2 Å². The number of hydrogen-bond donors (Lipinski definition) is 1. The topological polar surface area (TPSA) is 101 Å². The van der Waals surface area contributed by atoms with Gasteiger partial charge >= 0.3 is 5.97 Å². The molecule has 108 valence electrons. The van der Waals surface area contributed by atoms with Gasteiger partial charge in [0, 0.05) is 11.9 Å². The highest BCUT2D eigenvalue weighted by Crippen LogP contribution is 2.23. The van der Waals surface area contributed by atoms with Gasteiger partial charge in [0.2, 0.25) is 0 Å². The third-order valence-corrected chi connectivity index (χ3v) is 4.09. The molecule has 1 fully saturated rings. The van der Waals surface area contributed by atoms with Gasteiger partial charge in [-0.05, 0) is 12.1 Å². The Hall–Kier alpha value is -2.42. The van der Waals surface area contributed by atoms with Crippen LogP contribution in [0.15, 0.2) is 31.0 Å². The van der Waals surface area contributed by atoms with Gasteiger partial charge in [0.15, 0.2) is 5.82 Å². The Morgan fingerprint density at radius 1 is 1.38 bits per heavy atom. The number of carbonyl (C=O) groups is 2. The van der Waals surface area contributed by atoms with Gasteiger partial charge in [-0.1, -0.05) is 0 Å². The molecular weight excluding hydrogens is 294 g/mol. The van der Waals surface area contributed by atoms with E-state index in [0.717, 1.165) is 0 Å². The second-order valence-corrected chi connectivity index (χ2v) is 5.37. The highest BCUT2D eigenvalue weighted by molar-refractivity contribution is 7.99. The number of pyridine rings is 1. The van der Waals surface area contributed by atoms with Crippen LogP contribution in [0.4, 0.5) is 0 Å². The van der Waals surface area contributed by atoms with Gasteiger partial charge in [0.1, 0.15) is 18.7 Å². The lowest BCUT2D eigenvalue weighted by atomic mass is 10.2. The molecule has 21 heavy (non-hydrogen) atoms. The van der Waals surface area contributed by atoms with Crippen molar-refractivity contribution < 1.29 is 14.7 Å². The smallest absolute Gasteiger partial charge is 0.327 e. The molecule has 0 aromatic carbocycles. The Morgan fingerprint density at radius 2 is 2.24 bits per heavy atom. The fourth-order valence-electron chi connectivity index (χ4n) is 1.99. The number of nitrogens with zero attached hydrogens (tertiary/aromatic N) is 5. The molecule has 2 aromatic heterocycles. The van der Waals surface area contributed by atoms with E-state index in [1.807, 2.05) is 0 Å². The van der Waals surface area contributed by atoms with Crippen molar-refractivity contribution >= 4 is 23.6 Å². The summed E-state index contributed by atoms with van der Waals surface area (Å²) in [7, 11) is 0. The molecule has 0 saturated carbocycles. The largest absolute Gasteiger partial charge is 0.480 e. The predicted octanol–water partition coefficient (Wildman–Crippen LogP) is 0.262. The summed E-state index contributed by atoms with van der Waals surface area (Å²) in [5.41, 5.74) is 0.354. The molecule has 3 rings (SSSR count). The van der Waals surface area contributed by atoms with Crippen LogP contribution < -0.4 is 0 Å². The van der Waals surface area contributed by atoms with Crippen LogP contribution in [0, 0.1) is 0 Å². The van der Waals surface area contributed by atoms with Gasteiger partial charge in [-0.3, -0.25) is 4.79 Å². The molecule has 0 aliphatic carbocycles. The standard InChI is InChI=1S/C12H11N5O3S/c18-11(16-7-21-4-9(16)12(19)20)8-1-2-10(14-3-8)17-6-13-5-15-17/h1-3,5-6,9H,4,7H2,(H,19,20)/t9-/m0/s1. The van der Waals surface area contributed by atoms with Crippen LogP contribution in [0.2, 0.25) is 0 Å². The third-order valence-electron chi connectivity index (χ3n) is 3.08. The monoisotopic (exact) mass is 305 g/mol. The van der Waals surface area contributed by atoms with Crippen LogP contribution in [-0.4, -0.2) is 59.3 Å². The Balaban J connectivity index is 1.80. The number of rotatable bonds is 3. The second-order valence-electron chi connectivity index (χ2n) is 4.37. The van der Waals surface area contributed by atoms with Crippen LogP contribution in [0.25, 0.3) is 5.82 Å². The fourth-order valence-corrected chi connectivity index (χ4v) is 3.13. The normalized spacial score (nSPS) is 17.9. The first-order valence-corrected chi connectivity index (χ1v) is 7.25. The number of carboxylic acid groups (broad SMARTS) is 1. The number of thioether (sulfide) groups is 1. The summed E-state index contributed by atoms with van der Waals surface area (Å²) < 4.78 is 1.47. The van der Waals surface area contributed by atoms with E-state index in [2.05, 4.69) is 15.1 Å². The molecule has 1 N–H and O–H groups in total. The average molecular weight is 305 g/mol. The molecule has 1 aliphatic rings. The van der Waals surface area contributed by atoms with E-state index in [9.17, 15) is 9.59 Å². The van der Waals surface area contributed by atoms with Crippen LogP contribution >= 0.6 is 11.8 Å². The first-order valence-electron chi connectivity index (χ1n) is 6.09. The predicted molar refractivity (Wildman–Crippen MR) is 74.1 cm³/mol. The minimum atomic E-state index is -0.986. The molecule has 1 saturated heterocycles. The third kappa shape index (κ3) is 2.59. The summed E-state index contributed by atoms with van der Waals surface area (Å²) in [5, 5.41) is 13.0. The van der Waals surface area contributed by atoms with E-state index < -0.39 is 12.0 Å². The Morgan fingerprint density at radius 3 is 2.86 bits per heavy atom. The van der Waals surface area contributed by atoms with Crippen molar-refractivity contribution in [3.63, 3.8) is 0 Å². The average Bonchev–Trinajstić information content (AvgIpc) is 3.18. The van der Waals surface area contributed by atoms with Gasteiger partial charge < -0.3 is 10.0 Å². The van der Waals surface area contributed by atoms with E-state index in [1.54, 1.807) is 12.1 Å². The highest BCUT2D eigenvalue weighted by atomic mass is 32.2. The summed E-state index contributed by atoms with van der Waals surface area (Å²) in [6.07, 6.45) is 4.31. The SMILES string of the molecule is O=C(O)[C@@H]1CSCN1C(=O)c1ccc(-n2cncn2)nc1. The molecule has 1 aliphatic heterocycles. The number of carboxylic acids is 1. The molecule has 3 heterocycles. The minimum absolute atomic E-state index is 0.329. The quantitative estimate of drug-likeness (QED) is 0.868. The minimum Gasteiger partial charge on any atom is -0.480 e. The number of amides is 1. The number of aliphatic carboxylic acids is 1. The summed E-state index contributed by atoms with van der Waals surface area (Å²) in [4.78, 5) is 32.8. The molecule has 9 heteroatoms. The molecular formula is C12H11N5O3S. The number of carbonyl (C=O) groups excluding carboxylic acids is 1. The van der Waals surface area contributed by atoms with Gasteiger partial charge in [-0.2, -0.15) is 5.10 Å². The summed E-state index contributed by atoms with van der Waals surface area (Å²) in [6, 6.07) is 2.47. The maximum absolute atomic E-state index is 12.3. The fraction of sp³-hybridized carbons (Fsp3) is 0.250. The van der Waals surface area contributed by atoms with E-state index in [0.29, 0.717) is 23.0 Å². The van der Waals surface area contributed by atoms with E-state index in [4.69, 9.17) is 5.11 Å². The molecule has 0 radical (unpaired) electrons. The lowest BCUT2D eigenvalue weighted by Gasteiger charge is -2.20. The Labute approximate surface area is 123 Å². The summed E-state index contributed by atoms with van der Waals surface area (Å²) in [6.45, 7) is 0. The lowest BCUT2D eigenvalue weighted by Crippen LogP contribution is -2.41. The summed E-state index contributed by atoms with van der Waals surface area (Å²) in [5.74, 6) is 0.00632. The molecule has 8 nitrogen and oxygen atoms in total. The van der Waals surface area contributed by atoms with Crippen LogP contribution in [-0.2, 0) is 4.79 Å². The molecule has 1 amide bonds. The Bertz CT molecular complexity index is 658. The molecule has 0 unspecified atom stereocenters. The zero-order valence-electron chi connectivity index (χ0n) is 10.8. The molecule has 1 atom stereocenters. The van der Waals surface area contributed by atoms with Crippen molar-refractivity contribution in [2.24, 2.45) is 0 Å². The molecule has 0 bridgehead atoms. The van der Waals surface area contributed by atoms with Gasteiger partial charge in [-0.25, -0.2) is 19.4 Å². The van der Waals surface area contributed by atoms with Crippen LogP contribution in [0.5, 0.6) is 0 Å². The van der Waals surface area contributed by atoms with Crippen molar-refractivity contribution in [3.8, 4) is 5.82 Å². The number of hydrogen-bond acceptors (Lipinski definition) is 6. The highest BCUT2D eigenvalue weighted by Gasteiger charge is 2.35. The van der Waals surface area contributed by atoms with Gasteiger partial charge in [0.05, 0.1) is 11.4 Å². The van der Waals surface area contributed by atoms with Gasteiger partial charge in [0.25, 0.3) is 5.91 Å². The molecule has 2 aromatic rings. The zero-order chi connectivity index (χ0) is 14.8. The van der Waals surface area contributed by atoms with Gasteiger partial charge in [-0.15, -0.1) is 11.8 Å². The lowest BCUT2D eigenvalue weighted by molar-refractivity contribution is -0.140. The number of aromatic nitrogens is 4. The maximum atomic E-state index is 12.3. The van der Waals surface area contributed by atoms with Crippen LogP contribution in [0.3, 0.4) is 0 Å². The van der Waals surface area contributed by atoms with Crippen molar-refractivity contribution in [1.82, 2.24) is 24.6 Å². The Kier molecular flexibility index (Phi) is 3.57. The van der Waals surface area contributed by atoms with E-state index >= 15 is 0 Å². The first-order chi connectivity index (χ1) is 10.2. The van der Waals surface area contributed by atoms with Crippen LogP contribution in [0.1, 0.15) is 10.4 Å². The maximum Gasteiger partial charge on any atom is 0.327 e. The van der Waals surface area contributed by atoms with Crippen molar-refractivity contribution in [3.05, 3.63) is 36.5 Å². The van der Waals surface area contributed by atoms with Crippen molar-refractivity contribution in [2.75, 3.05) is 11.6 Å².